The van der Waals surface area contributed by atoms with Gasteiger partial charge < -0.3 is 20.2 Å². The monoisotopic (exact) mass is 393 g/mol. The van der Waals surface area contributed by atoms with Gasteiger partial charge in [0.15, 0.2) is 0 Å². The second kappa shape index (κ2) is 8.25. The Balaban J connectivity index is 1.37. The summed E-state index contributed by atoms with van der Waals surface area (Å²) in [5.74, 6) is 0.769. The Bertz CT molecular complexity index is 871. The van der Waals surface area contributed by atoms with Gasteiger partial charge in [0.2, 0.25) is 5.91 Å². The fourth-order valence-corrected chi connectivity index (χ4v) is 4.39. The lowest BCUT2D eigenvalue weighted by molar-refractivity contribution is -0.125. The minimum absolute atomic E-state index is 0.105. The van der Waals surface area contributed by atoms with E-state index in [0.717, 1.165) is 54.9 Å². The minimum Gasteiger partial charge on any atom is -0.465 e. The van der Waals surface area contributed by atoms with E-state index in [0.29, 0.717) is 12.5 Å². The maximum Gasteiger partial charge on any atom is 0.407 e. The highest BCUT2D eigenvalue weighted by Crippen LogP contribution is 2.33. The van der Waals surface area contributed by atoms with Crippen LogP contribution in [-0.2, 0) is 11.3 Å². The largest absolute Gasteiger partial charge is 0.465 e. The second-order valence-corrected chi connectivity index (χ2v) is 8.15. The molecule has 6 heteroatoms. The summed E-state index contributed by atoms with van der Waals surface area (Å²) in [6, 6.07) is 15.8. The molecule has 3 fully saturated rings. The molecule has 1 atom stereocenters. The van der Waals surface area contributed by atoms with Crippen LogP contribution in [0.3, 0.4) is 0 Å². The smallest absolute Gasteiger partial charge is 0.407 e. The Morgan fingerprint density at radius 2 is 1.62 bits per heavy atom. The van der Waals surface area contributed by atoms with E-state index in [2.05, 4.69) is 10.2 Å². The number of rotatable bonds is 5. The zero-order valence-electron chi connectivity index (χ0n) is 16.7. The van der Waals surface area contributed by atoms with E-state index < -0.39 is 6.09 Å². The summed E-state index contributed by atoms with van der Waals surface area (Å²) in [6.45, 7) is 3.52. The number of hydrogen-bond acceptors (Lipinski definition) is 3. The summed E-state index contributed by atoms with van der Waals surface area (Å²) >= 11 is 0. The molecule has 2 amide bonds. The van der Waals surface area contributed by atoms with Gasteiger partial charge in [0, 0.05) is 25.8 Å². The van der Waals surface area contributed by atoms with Crippen molar-refractivity contribution in [3.63, 3.8) is 0 Å². The molecule has 2 bridgehead atoms. The molecule has 0 saturated carbocycles. The van der Waals surface area contributed by atoms with E-state index in [9.17, 15) is 9.59 Å². The van der Waals surface area contributed by atoms with Gasteiger partial charge >= 0.3 is 6.09 Å². The summed E-state index contributed by atoms with van der Waals surface area (Å²) in [4.78, 5) is 27.3. The molecule has 5 rings (SSSR count). The van der Waals surface area contributed by atoms with Crippen molar-refractivity contribution in [1.82, 2.24) is 9.80 Å². The molecule has 29 heavy (non-hydrogen) atoms. The molecule has 3 aliphatic heterocycles. The zero-order chi connectivity index (χ0) is 20.4. The van der Waals surface area contributed by atoms with E-state index in [4.69, 9.17) is 5.11 Å². The third-order valence-corrected chi connectivity index (χ3v) is 6.18. The van der Waals surface area contributed by atoms with Crippen LogP contribution in [0.4, 0.5) is 10.5 Å². The van der Waals surface area contributed by atoms with Gasteiger partial charge in [-0.15, -0.1) is 0 Å². The highest BCUT2D eigenvalue weighted by Gasteiger charge is 2.38. The molecule has 2 aromatic rings. The van der Waals surface area contributed by atoms with Crippen LogP contribution in [0, 0.1) is 11.8 Å². The van der Waals surface area contributed by atoms with Crippen LogP contribution in [0.1, 0.15) is 18.4 Å². The molecule has 152 valence electrons. The van der Waals surface area contributed by atoms with Crippen molar-refractivity contribution in [3.8, 4) is 11.1 Å². The maximum absolute atomic E-state index is 12.7. The van der Waals surface area contributed by atoms with E-state index in [-0.39, 0.29) is 11.8 Å². The molecule has 3 saturated heterocycles. The van der Waals surface area contributed by atoms with Crippen LogP contribution < -0.4 is 5.32 Å². The third kappa shape index (κ3) is 4.43. The topological polar surface area (TPSA) is 72.9 Å². The van der Waals surface area contributed by atoms with Crippen LogP contribution in [0.15, 0.2) is 48.5 Å². The van der Waals surface area contributed by atoms with E-state index in [1.54, 1.807) is 7.05 Å². The highest BCUT2D eigenvalue weighted by atomic mass is 16.4. The lowest BCUT2D eigenvalue weighted by Crippen LogP contribution is -2.51. The van der Waals surface area contributed by atoms with Gasteiger partial charge in [0.25, 0.3) is 0 Å². The predicted molar refractivity (Wildman–Crippen MR) is 113 cm³/mol. The van der Waals surface area contributed by atoms with Crippen LogP contribution in [0.2, 0.25) is 0 Å². The Morgan fingerprint density at radius 1 is 1.03 bits per heavy atom. The number of fused-ring (bicyclic) bond motifs is 3. The minimum atomic E-state index is -0.940. The number of benzene rings is 2. The molecule has 2 N–H and O–H groups in total. The first kappa shape index (κ1) is 19.5. The van der Waals surface area contributed by atoms with Crippen molar-refractivity contribution >= 4 is 17.7 Å². The zero-order valence-corrected chi connectivity index (χ0v) is 16.7. The number of nitrogens with zero attached hydrogens (tertiary/aromatic N) is 2. The Morgan fingerprint density at radius 3 is 2.14 bits per heavy atom. The number of carbonyl (C=O) groups is 2. The normalized spacial score (nSPS) is 22.9. The van der Waals surface area contributed by atoms with Crippen molar-refractivity contribution in [1.29, 1.82) is 0 Å². The lowest BCUT2D eigenvalue weighted by Gasteiger charge is -2.43. The van der Waals surface area contributed by atoms with Gasteiger partial charge in [-0.2, -0.15) is 0 Å². The standard InChI is InChI=1S/C23H27N3O3/c1-25(23(28)29)14-16-2-4-17(5-3-16)18-6-8-20(9-7-18)24-22(27)21-15-26-12-10-19(21)11-13-26/h2-9,19,21H,10-15H2,1H3,(H,24,27)(H,28,29)/t21-/m0/s1. The lowest BCUT2D eigenvalue weighted by atomic mass is 9.78. The number of anilines is 1. The van der Waals surface area contributed by atoms with E-state index >= 15 is 0 Å². The molecular formula is C23H27N3O3. The first-order valence-electron chi connectivity index (χ1n) is 10.2. The third-order valence-electron chi connectivity index (χ3n) is 6.18. The molecule has 0 unspecified atom stereocenters. The highest BCUT2D eigenvalue weighted by molar-refractivity contribution is 5.93. The van der Waals surface area contributed by atoms with Crippen LogP contribution in [-0.4, -0.2) is 53.6 Å². The number of carboxylic acid groups (broad SMARTS) is 1. The van der Waals surface area contributed by atoms with Crippen molar-refractivity contribution in [2.45, 2.75) is 19.4 Å². The van der Waals surface area contributed by atoms with Gasteiger partial charge in [-0.05, 0) is 60.7 Å². The molecular weight excluding hydrogens is 366 g/mol. The van der Waals surface area contributed by atoms with Gasteiger partial charge in [-0.25, -0.2) is 4.79 Å². The summed E-state index contributed by atoms with van der Waals surface area (Å²) in [6.07, 6.45) is 1.33. The van der Waals surface area contributed by atoms with Crippen molar-refractivity contribution in [2.75, 3.05) is 32.0 Å². The quantitative estimate of drug-likeness (QED) is 0.812. The van der Waals surface area contributed by atoms with Crippen LogP contribution in [0.5, 0.6) is 0 Å². The summed E-state index contributed by atoms with van der Waals surface area (Å²) in [5.41, 5.74) is 3.89. The molecule has 0 aromatic heterocycles. The van der Waals surface area contributed by atoms with Crippen molar-refractivity contribution in [2.24, 2.45) is 11.8 Å². The summed E-state index contributed by atoms with van der Waals surface area (Å²) < 4.78 is 0. The Labute approximate surface area is 171 Å². The number of hydrogen-bond donors (Lipinski definition) is 2. The van der Waals surface area contributed by atoms with E-state index in [1.807, 2.05) is 48.5 Å². The van der Waals surface area contributed by atoms with Gasteiger partial charge in [0.05, 0.1) is 5.92 Å². The predicted octanol–water partition coefficient (Wildman–Crippen LogP) is 3.74. The first-order chi connectivity index (χ1) is 14.0. The molecule has 6 nitrogen and oxygen atoms in total. The molecule has 3 aliphatic rings. The average Bonchev–Trinajstić information content (AvgIpc) is 2.75. The summed E-state index contributed by atoms with van der Waals surface area (Å²) in [5, 5.41) is 12.1. The average molecular weight is 393 g/mol. The SMILES string of the molecule is CN(Cc1ccc(-c2ccc(NC(=O)[C@H]3CN4CCC3CC4)cc2)cc1)C(=O)O. The van der Waals surface area contributed by atoms with Crippen molar-refractivity contribution < 1.29 is 14.7 Å². The molecule has 0 aliphatic carbocycles. The first-order valence-corrected chi connectivity index (χ1v) is 10.2. The fourth-order valence-electron chi connectivity index (χ4n) is 4.39. The Kier molecular flexibility index (Phi) is 5.53. The Hall–Kier alpha value is -2.86. The summed E-state index contributed by atoms with van der Waals surface area (Å²) in [7, 11) is 1.55. The second-order valence-electron chi connectivity index (χ2n) is 8.15. The molecule has 0 spiro atoms. The van der Waals surface area contributed by atoms with Gasteiger partial charge in [-0.3, -0.25) is 4.79 Å². The van der Waals surface area contributed by atoms with Crippen LogP contribution in [0.25, 0.3) is 11.1 Å². The fraction of sp³-hybridized carbons (Fsp3) is 0.391. The number of amides is 2. The molecule has 0 radical (unpaired) electrons. The number of carbonyl (C=O) groups excluding carboxylic acids is 1. The van der Waals surface area contributed by atoms with E-state index in [1.165, 1.54) is 4.90 Å². The number of nitrogens with one attached hydrogen (secondary N) is 1. The van der Waals surface area contributed by atoms with Gasteiger partial charge in [0.1, 0.15) is 0 Å². The molecule has 2 aromatic carbocycles. The van der Waals surface area contributed by atoms with Crippen molar-refractivity contribution in [3.05, 3.63) is 54.1 Å². The van der Waals surface area contributed by atoms with Gasteiger partial charge in [-0.1, -0.05) is 36.4 Å². The number of piperidine rings is 3. The maximum atomic E-state index is 12.7. The molecule has 3 heterocycles. The van der Waals surface area contributed by atoms with Crippen LogP contribution >= 0.6 is 0 Å².